The Labute approximate surface area is 163 Å². The highest BCUT2D eigenvalue weighted by atomic mass is 16.2. The van der Waals surface area contributed by atoms with Crippen molar-refractivity contribution in [2.45, 2.75) is 13.5 Å². The molecule has 0 spiro atoms. The lowest BCUT2D eigenvalue weighted by Crippen LogP contribution is -2.19. The number of carbonyl (C=O) groups excluding carboxylic acids is 2. The number of hydrogen-bond acceptors (Lipinski definition) is 3. The molecule has 0 atom stereocenters. The summed E-state index contributed by atoms with van der Waals surface area (Å²) in [6.45, 7) is 2.50. The molecule has 3 rings (SSSR count). The SMILES string of the molecule is Cc1cccc(NC(=O)Nc2ccc(CNc3ccccc3C(N)=O)cc2)c1. The number of aryl methyl sites for hydroxylation is 1. The molecule has 0 heterocycles. The van der Waals surface area contributed by atoms with Crippen molar-refractivity contribution in [3.8, 4) is 0 Å². The second-order valence-electron chi connectivity index (χ2n) is 6.41. The fraction of sp³-hybridized carbons (Fsp3) is 0.0909. The molecule has 0 saturated heterocycles. The van der Waals surface area contributed by atoms with Crippen LogP contribution in [-0.2, 0) is 6.54 Å². The van der Waals surface area contributed by atoms with E-state index in [2.05, 4.69) is 16.0 Å². The molecule has 3 aromatic rings. The molecular formula is C22H22N4O2. The maximum absolute atomic E-state index is 12.1. The molecule has 0 aliphatic carbocycles. The molecule has 0 radical (unpaired) electrons. The van der Waals surface area contributed by atoms with Gasteiger partial charge in [0.05, 0.1) is 5.56 Å². The number of benzene rings is 3. The van der Waals surface area contributed by atoms with Crippen molar-refractivity contribution < 1.29 is 9.59 Å². The summed E-state index contributed by atoms with van der Waals surface area (Å²) in [7, 11) is 0. The molecule has 0 aromatic heterocycles. The van der Waals surface area contributed by atoms with Crippen molar-refractivity contribution in [3.63, 3.8) is 0 Å². The number of nitrogens with one attached hydrogen (secondary N) is 3. The predicted octanol–water partition coefficient (Wildman–Crippen LogP) is 4.35. The second kappa shape index (κ2) is 8.73. The molecule has 3 aromatic carbocycles. The third kappa shape index (κ3) is 5.11. The summed E-state index contributed by atoms with van der Waals surface area (Å²) in [6.07, 6.45) is 0. The molecule has 0 aliphatic heterocycles. The van der Waals surface area contributed by atoms with Gasteiger partial charge in [0.2, 0.25) is 0 Å². The van der Waals surface area contributed by atoms with Gasteiger partial charge in [-0.1, -0.05) is 36.4 Å². The van der Waals surface area contributed by atoms with Crippen molar-refractivity contribution in [2.24, 2.45) is 5.73 Å². The Morgan fingerprint density at radius 1 is 0.857 bits per heavy atom. The van der Waals surface area contributed by atoms with Gasteiger partial charge in [-0.05, 0) is 54.4 Å². The zero-order valence-electron chi connectivity index (χ0n) is 15.5. The van der Waals surface area contributed by atoms with E-state index < -0.39 is 5.91 Å². The number of nitrogens with two attached hydrogens (primary N) is 1. The Kier molecular flexibility index (Phi) is 5.91. The van der Waals surface area contributed by atoms with E-state index in [1.54, 1.807) is 12.1 Å². The summed E-state index contributed by atoms with van der Waals surface area (Å²) >= 11 is 0. The van der Waals surface area contributed by atoms with Crippen molar-refractivity contribution in [2.75, 3.05) is 16.0 Å². The third-order valence-corrected chi connectivity index (χ3v) is 4.16. The van der Waals surface area contributed by atoms with Crippen LogP contribution >= 0.6 is 0 Å². The topological polar surface area (TPSA) is 96.2 Å². The predicted molar refractivity (Wildman–Crippen MR) is 113 cm³/mol. The number of primary amides is 1. The first-order valence-corrected chi connectivity index (χ1v) is 8.87. The van der Waals surface area contributed by atoms with Crippen molar-refractivity contribution in [1.82, 2.24) is 0 Å². The monoisotopic (exact) mass is 374 g/mol. The number of urea groups is 1. The highest BCUT2D eigenvalue weighted by molar-refractivity contribution is 6.00. The van der Waals surface area contributed by atoms with Gasteiger partial charge < -0.3 is 21.7 Å². The van der Waals surface area contributed by atoms with E-state index in [9.17, 15) is 9.59 Å². The van der Waals surface area contributed by atoms with Gasteiger partial charge in [0, 0.05) is 23.6 Å². The average Bonchev–Trinajstić information content (AvgIpc) is 2.67. The molecule has 142 valence electrons. The summed E-state index contributed by atoms with van der Waals surface area (Å²) in [5, 5.41) is 8.81. The van der Waals surface area contributed by atoms with Gasteiger partial charge in [0.25, 0.3) is 5.91 Å². The van der Waals surface area contributed by atoms with Crippen molar-refractivity contribution in [1.29, 1.82) is 0 Å². The number of para-hydroxylation sites is 1. The quantitative estimate of drug-likeness (QED) is 0.516. The molecular weight excluding hydrogens is 352 g/mol. The molecule has 0 unspecified atom stereocenters. The van der Waals surface area contributed by atoms with E-state index in [0.29, 0.717) is 23.5 Å². The Balaban J connectivity index is 1.56. The van der Waals surface area contributed by atoms with E-state index in [-0.39, 0.29) is 6.03 Å². The Hall–Kier alpha value is -3.80. The van der Waals surface area contributed by atoms with E-state index >= 15 is 0 Å². The Morgan fingerprint density at radius 2 is 1.57 bits per heavy atom. The third-order valence-electron chi connectivity index (χ3n) is 4.16. The van der Waals surface area contributed by atoms with Crippen LogP contribution in [0.3, 0.4) is 0 Å². The fourth-order valence-electron chi connectivity index (χ4n) is 2.77. The van der Waals surface area contributed by atoms with Gasteiger partial charge in [0.15, 0.2) is 0 Å². The highest BCUT2D eigenvalue weighted by Crippen LogP contribution is 2.17. The summed E-state index contributed by atoms with van der Waals surface area (Å²) in [6, 6.07) is 21.9. The van der Waals surface area contributed by atoms with Crippen molar-refractivity contribution >= 4 is 29.0 Å². The van der Waals surface area contributed by atoms with Gasteiger partial charge in [-0.2, -0.15) is 0 Å². The smallest absolute Gasteiger partial charge is 0.323 e. The van der Waals surface area contributed by atoms with E-state index in [1.807, 2.05) is 67.6 Å². The van der Waals surface area contributed by atoms with E-state index in [0.717, 1.165) is 16.8 Å². The molecule has 0 saturated carbocycles. The zero-order chi connectivity index (χ0) is 19.9. The van der Waals surface area contributed by atoms with Crippen LogP contribution in [0.2, 0.25) is 0 Å². The van der Waals surface area contributed by atoms with Gasteiger partial charge >= 0.3 is 6.03 Å². The fourth-order valence-corrected chi connectivity index (χ4v) is 2.77. The van der Waals surface area contributed by atoms with Crippen LogP contribution in [0, 0.1) is 6.92 Å². The van der Waals surface area contributed by atoms with Crippen LogP contribution in [0.25, 0.3) is 0 Å². The number of hydrogen-bond donors (Lipinski definition) is 4. The number of rotatable bonds is 6. The maximum atomic E-state index is 12.1. The first-order chi connectivity index (χ1) is 13.5. The summed E-state index contributed by atoms with van der Waals surface area (Å²) in [5.41, 5.74) is 10.0. The van der Waals surface area contributed by atoms with Crippen LogP contribution < -0.4 is 21.7 Å². The lowest BCUT2D eigenvalue weighted by atomic mass is 10.1. The molecule has 6 heteroatoms. The minimum absolute atomic E-state index is 0.299. The lowest BCUT2D eigenvalue weighted by Gasteiger charge is -2.11. The summed E-state index contributed by atoms with van der Waals surface area (Å²) in [5.74, 6) is -0.470. The molecule has 5 N–H and O–H groups in total. The summed E-state index contributed by atoms with van der Waals surface area (Å²) < 4.78 is 0. The normalized spacial score (nSPS) is 10.2. The van der Waals surface area contributed by atoms with Crippen LogP contribution in [0.4, 0.5) is 21.9 Å². The minimum atomic E-state index is -0.470. The molecule has 0 bridgehead atoms. The minimum Gasteiger partial charge on any atom is -0.380 e. The lowest BCUT2D eigenvalue weighted by molar-refractivity contribution is 0.100. The Bertz CT molecular complexity index is 984. The first kappa shape index (κ1) is 19.0. The highest BCUT2D eigenvalue weighted by Gasteiger charge is 2.07. The number of carbonyl (C=O) groups is 2. The average molecular weight is 374 g/mol. The zero-order valence-corrected chi connectivity index (χ0v) is 15.5. The molecule has 28 heavy (non-hydrogen) atoms. The standard InChI is InChI=1S/C22H22N4O2/c1-15-5-4-6-18(13-15)26-22(28)25-17-11-9-16(10-12-17)14-24-20-8-3-2-7-19(20)21(23)27/h2-13,24H,14H2,1H3,(H2,23,27)(H2,25,26,28). The molecule has 0 aliphatic rings. The van der Waals surface area contributed by atoms with E-state index in [4.69, 9.17) is 5.73 Å². The number of amides is 3. The van der Waals surface area contributed by atoms with Gasteiger partial charge in [-0.25, -0.2) is 4.79 Å². The number of anilines is 3. The van der Waals surface area contributed by atoms with Crippen LogP contribution in [0.15, 0.2) is 72.8 Å². The molecule has 3 amide bonds. The first-order valence-electron chi connectivity index (χ1n) is 8.87. The van der Waals surface area contributed by atoms with Gasteiger partial charge in [-0.3, -0.25) is 4.79 Å². The van der Waals surface area contributed by atoms with E-state index in [1.165, 1.54) is 0 Å². The van der Waals surface area contributed by atoms with Gasteiger partial charge in [-0.15, -0.1) is 0 Å². The van der Waals surface area contributed by atoms with Crippen molar-refractivity contribution in [3.05, 3.63) is 89.5 Å². The Morgan fingerprint density at radius 3 is 2.29 bits per heavy atom. The molecule has 6 nitrogen and oxygen atoms in total. The largest absolute Gasteiger partial charge is 0.380 e. The summed E-state index contributed by atoms with van der Waals surface area (Å²) in [4.78, 5) is 23.6. The maximum Gasteiger partial charge on any atom is 0.323 e. The van der Waals surface area contributed by atoms with Crippen LogP contribution in [0.5, 0.6) is 0 Å². The van der Waals surface area contributed by atoms with Gasteiger partial charge in [0.1, 0.15) is 0 Å². The van der Waals surface area contributed by atoms with Crippen LogP contribution in [0.1, 0.15) is 21.5 Å². The van der Waals surface area contributed by atoms with Crippen LogP contribution in [-0.4, -0.2) is 11.9 Å². The molecule has 0 fully saturated rings. The second-order valence-corrected chi connectivity index (χ2v) is 6.41.